The molecule has 0 spiro atoms. The number of rotatable bonds is 2. The summed E-state index contributed by atoms with van der Waals surface area (Å²) in [6.45, 7) is 3.01. The summed E-state index contributed by atoms with van der Waals surface area (Å²) >= 11 is 0. The van der Waals surface area contributed by atoms with Gasteiger partial charge in [-0.1, -0.05) is 6.07 Å². The first kappa shape index (κ1) is 16.7. The molecule has 1 aromatic heterocycles. The Morgan fingerprint density at radius 1 is 1.23 bits per heavy atom. The van der Waals surface area contributed by atoms with Gasteiger partial charge in [0.2, 0.25) is 11.8 Å². The maximum absolute atomic E-state index is 12.7. The zero-order chi connectivity index (χ0) is 18.3. The maximum Gasteiger partial charge on any atom is 0.254 e. The minimum Gasteiger partial charge on any atom is -0.336 e. The number of aryl methyl sites for hydroxylation is 1. The summed E-state index contributed by atoms with van der Waals surface area (Å²) < 4.78 is 1.70. The Labute approximate surface area is 150 Å². The van der Waals surface area contributed by atoms with Gasteiger partial charge in [0, 0.05) is 50.6 Å². The van der Waals surface area contributed by atoms with Gasteiger partial charge in [-0.05, 0) is 18.6 Å². The molecule has 26 heavy (non-hydrogen) atoms. The molecule has 3 heterocycles. The van der Waals surface area contributed by atoms with Gasteiger partial charge in [-0.25, -0.2) is 0 Å². The highest BCUT2D eigenvalue weighted by molar-refractivity contribution is 6.03. The number of hydrogen-bond acceptors (Lipinski definition) is 5. The van der Waals surface area contributed by atoms with Crippen LogP contribution in [-0.2, 0) is 16.6 Å². The zero-order valence-electron chi connectivity index (χ0n) is 14.6. The largest absolute Gasteiger partial charge is 0.336 e. The van der Waals surface area contributed by atoms with Crippen LogP contribution in [0.3, 0.4) is 0 Å². The van der Waals surface area contributed by atoms with Crippen LogP contribution in [0.15, 0.2) is 18.2 Å². The molecule has 2 aliphatic heterocycles. The summed E-state index contributed by atoms with van der Waals surface area (Å²) in [6.07, 6.45) is 0.770. The van der Waals surface area contributed by atoms with E-state index < -0.39 is 5.92 Å². The molecular formula is C18H21N5O3. The van der Waals surface area contributed by atoms with Crippen molar-refractivity contribution in [2.24, 2.45) is 7.05 Å². The molecule has 8 heteroatoms. The Kier molecular flexibility index (Phi) is 4.20. The molecule has 2 aliphatic rings. The van der Waals surface area contributed by atoms with E-state index in [0.29, 0.717) is 37.2 Å². The van der Waals surface area contributed by atoms with Gasteiger partial charge in [0.15, 0.2) is 0 Å². The summed E-state index contributed by atoms with van der Waals surface area (Å²) in [5, 5.41) is 11.0. The molecule has 136 valence electrons. The van der Waals surface area contributed by atoms with E-state index in [1.54, 1.807) is 17.8 Å². The van der Waals surface area contributed by atoms with Gasteiger partial charge in [-0.2, -0.15) is 5.10 Å². The lowest BCUT2D eigenvalue weighted by molar-refractivity contribution is -0.134. The lowest BCUT2D eigenvalue weighted by Gasteiger charge is -2.27. The molecule has 1 unspecified atom stereocenters. The Morgan fingerprint density at radius 2 is 2.00 bits per heavy atom. The molecule has 1 aromatic carbocycles. The minimum atomic E-state index is -0.439. The fourth-order valence-electron chi connectivity index (χ4n) is 3.68. The molecule has 8 nitrogen and oxygen atoms in total. The zero-order valence-corrected chi connectivity index (χ0v) is 14.6. The van der Waals surface area contributed by atoms with E-state index >= 15 is 0 Å². The van der Waals surface area contributed by atoms with Crippen molar-refractivity contribution >= 4 is 28.6 Å². The average Bonchev–Trinajstić information content (AvgIpc) is 2.98. The van der Waals surface area contributed by atoms with Crippen LogP contribution in [0, 0.1) is 0 Å². The lowest BCUT2D eigenvalue weighted by atomic mass is 9.92. The van der Waals surface area contributed by atoms with Gasteiger partial charge < -0.3 is 10.2 Å². The van der Waals surface area contributed by atoms with Crippen molar-refractivity contribution in [3.63, 3.8) is 0 Å². The number of carbonyl (C=O) groups is 3. The standard InChI is InChI=1S/C18H21N5O3/c1-22-14-10-11(18(26)23-8-6-19-7-9-23)2-3-12(14)16(21-22)13-4-5-15(24)20-17(13)25/h2-3,10,13,19H,4-9H2,1H3,(H,20,24,25). The third-order valence-corrected chi connectivity index (χ3v) is 5.10. The van der Waals surface area contributed by atoms with Gasteiger partial charge in [0.1, 0.15) is 0 Å². The van der Waals surface area contributed by atoms with E-state index in [4.69, 9.17) is 0 Å². The minimum absolute atomic E-state index is 0.0113. The Bertz CT molecular complexity index is 898. The number of aromatic nitrogens is 2. The van der Waals surface area contributed by atoms with Crippen LogP contribution >= 0.6 is 0 Å². The van der Waals surface area contributed by atoms with E-state index in [1.165, 1.54) is 0 Å². The molecule has 2 saturated heterocycles. The normalized spacial score (nSPS) is 21.1. The number of imide groups is 1. The number of hydrogen-bond donors (Lipinski definition) is 2. The van der Waals surface area contributed by atoms with E-state index in [-0.39, 0.29) is 17.7 Å². The van der Waals surface area contributed by atoms with Gasteiger partial charge in [-0.3, -0.25) is 24.4 Å². The highest BCUT2D eigenvalue weighted by Crippen LogP contribution is 2.30. The molecule has 0 bridgehead atoms. The molecule has 2 aromatic rings. The lowest BCUT2D eigenvalue weighted by Crippen LogP contribution is -2.46. The summed E-state index contributed by atoms with van der Waals surface area (Å²) in [5.74, 6) is -0.971. The number of fused-ring (bicyclic) bond motifs is 1. The predicted octanol–water partition coefficient (Wildman–Crippen LogP) is 0.139. The van der Waals surface area contributed by atoms with Crippen molar-refractivity contribution in [3.8, 4) is 0 Å². The first-order valence-corrected chi connectivity index (χ1v) is 8.85. The number of benzene rings is 1. The van der Waals surface area contributed by atoms with Crippen LogP contribution in [0.5, 0.6) is 0 Å². The van der Waals surface area contributed by atoms with Gasteiger partial charge in [0.05, 0.1) is 17.1 Å². The smallest absolute Gasteiger partial charge is 0.254 e. The number of nitrogens with one attached hydrogen (secondary N) is 2. The van der Waals surface area contributed by atoms with Crippen molar-refractivity contribution < 1.29 is 14.4 Å². The van der Waals surface area contributed by atoms with Crippen LogP contribution in [0.4, 0.5) is 0 Å². The topological polar surface area (TPSA) is 96.3 Å². The molecule has 2 N–H and O–H groups in total. The van der Waals surface area contributed by atoms with Crippen LogP contribution in [0.1, 0.15) is 34.8 Å². The fourth-order valence-corrected chi connectivity index (χ4v) is 3.68. The first-order chi connectivity index (χ1) is 12.5. The molecule has 2 fully saturated rings. The van der Waals surface area contributed by atoms with Crippen LogP contribution in [0.2, 0.25) is 0 Å². The molecule has 3 amide bonds. The fraction of sp³-hybridized carbons (Fsp3) is 0.444. The Morgan fingerprint density at radius 3 is 2.73 bits per heavy atom. The van der Waals surface area contributed by atoms with Crippen LogP contribution < -0.4 is 10.6 Å². The second kappa shape index (κ2) is 6.53. The van der Waals surface area contributed by atoms with Crippen molar-refractivity contribution in [1.82, 2.24) is 25.3 Å². The van der Waals surface area contributed by atoms with Gasteiger partial charge in [0.25, 0.3) is 5.91 Å². The number of piperazine rings is 1. The first-order valence-electron chi connectivity index (χ1n) is 8.85. The van der Waals surface area contributed by atoms with Crippen LogP contribution in [-0.4, -0.2) is 58.6 Å². The number of amides is 3. The monoisotopic (exact) mass is 355 g/mol. The molecular weight excluding hydrogens is 334 g/mol. The van der Waals surface area contributed by atoms with Gasteiger partial charge >= 0.3 is 0 Å². The Balaban J connectivity index is 1.67. The third-order valence-electron chi connectivity index (χ3n) is 5.10. The molecule has 0 aliphatic carbocycles. The van der Waals surface area contributed by atoms with E-state index in [2.05, 4.69) is 15.7 Å². The summed E-state index contributed by atoms with van der Waals surface area (Å²) in [5.41, 5.74) is 2.09. The van der Waals surface area contributed by atoms with E-state index in [1.807, 2.05) is 17.0 Å². The second-order valence-corrected chi connectivity index (χ2v) is 6.79. The van der Waals surface area contributed by atoms with Crippen LogP contribution in [0.25, 0.3) is 10.9 Å². The molecule has 0 saturated carbocycles. The summed E-state index contributed by atoms with van der Waals surface area (Å²) in [6, 6.07) is 5.49. The summed E-state index contributed by atoms with van der Waals surface area (Å²) in [4.78, 5) is 38.1. The second-order valence-electron chi connectivity index (χ2n) is 6.79. The highest BCUT2D eigenvalue weighted by atomic mass is 16.2. The SMILES string of the molecule is Cn1nc(C2CCC(=O)NC2=O)c2ccc(C(=O)N3CCNCC3)cc21. The number of nitrogens with zero attached hydrogens (tertiary/aromatic N) is 3. The summed E-state index contributed by atoms with van der Waals surface area (Å²) in [7, 11) is 1.80. The molecule has 0 radical (unpaired) electrons. The van der Waals surface area contributed by atoms with Gasteiger partial charge in [-0.15, -0.1) is 0 Å². The van der Waals surface area contributed by atoms with Crippen molar-refractivity contribution in [3.05, 3.63) is 29.5 Å². The molecule has 1 atom stereocenters. The van der Waals surface area contributed by atoms with E-state index in [9.17, 15) is 14.4 Å². The average molecular weight is 355 g/mol. The number of piperidine rings is 1. The maximum atomic E-state index is 12.7. The third kappa shape index (κ3) is 2.86. The van der Waals surface area contributed by atoms with Crippen molar-refractivity contribution in [1.29, 1.82) is 0 Å². The Hall–Kier alpha value is -2.74. The van der Waals surface area contributed by atoms with Crippen molar-refractivity contribution in [2.45, 2.75) is 18.8 Å². The quantitative estimate of drug-likeness (QED) is 0.747. The number of carbonyl (C=O) groups excluding carboxylic acids is 3. The predicted molar refractivity (Wildman–Crippen MR) is 94.6 cm³/mol. The highest BCUT2D eigenvalue weighted by Gasteiger charge is 2.31. The van der Waals surface area contributed by atoms with Crippen molar-refractivity contribution in [2.75, 3.05) is 26.2 Å². The van der Waals surface area contributed by atoms with E-state index in [0.717, 1.165) is 24.0 Å². The molecule has 4 rings (SSSR count).